The zero-order valence-corrected chi connectivity index (χ0v) is 43.9. The Labute approximate surface area is 413 Å². The number of piperidine rings is 1. The predicted octanol–water partition coefficient (Wildman–Crippen LogP) is 7.38. The minimum absolute atomic E-state index is 0.0192. The summed E-state index contributed by atoms with van der Waals surface area (Å²) in [5.74, 6) is -5.68. The SMILES string of the molecule is C=C1[C@H](C)C[C@H](C)/C=C/C=C/C=C(\C)[C@H](N2CCCS2(=O)=O)C[C@@H]2CC[C@@H](C)[C@@](O)(O2)C(=O)C(=O)N2CCCC[C@H]2C(=O)O[C@H]([C@H](C)C[C@@H]2CC[C@@H](O)[C@H](OC)C2)CC[C@H](C)/C=C(\C)[C@@H](O)[C@H]1OC. The monoisotopic (exact) mass is 987 g/mol. The van der Waals surface area contributed by atoms with Gasteiger partial charge in [-0.25, -0.2) is 13.2 Å². The van der Waals surface area contributed by atoms with Gasteiger partial charge in [0.1, 0.15) is 24.4 Å². The minimum atomic E-state index is -3.58. The third-order valence-corrected chi connectivity index (χ3v) is 17.9. The van der Waals surface area contributed by atoms with Gasteiger partial charge in [-0.3, -0.25) is 9.59 Å². The lowest BCUT2D eigenvalue weighted by Gasteiger charge is -2.43. The Morgan fingerprint density at radius 2 is 1.58 bits per heavy atom. The molecule has 3 saturated heterocycles. The van der Waals surface area contributed by atoms with Gasteiger partial charge in [0.15, 0.2) is 0 Å². The molecule has 1 saturated carbocycles. The molecule has 15 heteroatoms. The molecule has 2 bridgehead atoms. The van der Waals surface area contributed by atoms with Crippen molar-refractivity contribution in [1.82, 2.24) is 9.21 Å². The molecular weight excluding hydrogens is 901 g/mol. The van der Waals surface area contributed by atoms with Gasteiger partial charge in [-0.2, -0.15) is 4.31 Å². The molecule has 0 unspecified atom stereocenters. The van der Waals surface area contributed by atoms with Gasteiger partial charge in [-0.15, -0.1) is 0 Å². The number of carbonyl (C=O) groups excluding carboxylic acids is 3. The van der Waals surface area contributed by atoms with Gasteiger partial charge in [0.05, 0.1) is 24.1 Å². The van der Waals surface area contributed by atoms with Crippen molar-refractivity contribution in [2.24, 2.45) is 35.5 Å². The quantitative estimate of drug-likeness (QED) is 0.136. The number of aliphatic hydroxyl groups excluding tert-OH is 2. The maximum atomic E-state index is 14.5. The van der Waals surface area contributed by atoms with E-state index in [1.165, 1.54) is 9.21 Å². The summed E-state index contributed by atoms with van der Waals surface area (Å²) in [5, 5.41) is 34.4. The van der Waals surface area contributed by atoms with Crippen molar-refractivity contribution in [2.75, 3.05) is 33.1 Å². The van der Waals surface area contributed by atoms with E-state index in [1.807, 2.05) is 44.2 Å². The van der Waals surface area contributed by atoms with Crippen LogP contribution in [0.5, 0.6) is 0 Å². The first-order valence-electron chi connectivity index (χ1n) is 25.9. The number of sulfonamides is 1. The first-order valence-corrected chi connectivity index (χ1v) is 27.5. The lowest BCUT2D eigenvalue weighted by Crippen LogP contribution is -2.61. The van der Waals surface area contributed by atoms with Crippen LogP contribution in [-0.4, -0.2) is 138 Å². The second-order valence-electron chi connectivity index (χ2n) is 21.4. The number of ether oxygens (including phenoxy) is 4. The summed E-state index contributed by atoms with van der Waals surface area (Å²) < 4.78 is 52.5. The average Bonchev–Trinajstić information content (AvgIpc) is 3.67. The largest absolute Gasteiger partial charge is 0.461 e. The lowest BCUT2D eigenvalue weighted by molar-refractivity contribution is -0.264. The molecule has 4 heterocycles. The van der Waals surface area contributed by atoms with E-state index in [0.29, 0.717) is 64.3 Å². The van der Waals surface area contributed by atoms with E-state index in [-0.39, 0.29) is 60.8 Å². The Kier molecular flexibility index (Phi) is 21.1. The Balaban J connectivity index is 1.48. The van der Waals surface area contributed by atoms with Crippen molar-refractivity contribution in [2.45, 2.75) is 193 Å². The van der Waals surface area contributed by atoms with E-state index in [0.717, 1.165) is 36.0 Å². The number of methoxy groups -OCH3 is 2. The van der Waals surface area contributed by atoms with E-state index < -0.39 is 82.0 Å². The summed E-state index contributed by atoms with van der Waals surface area (Å²) >= 11 is 0. The maximum Gasteiger partial charge on any atom is 0.329 e. The van der Waals surface area contributed by atoms with E-state index in [1.54, 1.807) is 21.1 Å². The Bertz CT molecular complexity index is 2000. The second kappa shape index (κ2) is 25.6. The van der Waals surface area contributed by atoms with Crippen LogP contribution in [0.3, 0.4) is 0 Å². The Morgan fingerprint density at radius 1 is 0.841 bits per heavy atom. The van der Waals surface area contributed by atoms with Crippen molar-refractivity contribution >= 4 is 27.7 Å². The smallest absolute Gasteiger partial charge is 0.329 e. The second-order valence-corrected chi connectivity index (χ2v) is 23.5. The fourth-order valence-electron chi connectivity index (χ4n) is 11.5. The van der Waals surface area contributed by atoms with Crippen LogP contribution in [0.15, 0.2) is 59.8 Å². The number of esters is 1. The predicted molar refractivity (Wildman–Crippen MR) is 267 cm³/mol. The number of rotatable bonds is 6. The molecule has 0 spiro atoms. The van der Waals surface area contributed by atoms with Crippen molar-refractivity contribution in [3.63, 3.8) is 0 Å². The normalized spacial score (nSPS) is 40.9. The number of fused-ring (bicyclic) bond motifs is 3. The number of ketones is 1. The minimum Gasteiger partial charge on any atom is -0.461 e. The van der Waals surface area contributed by atoms with Gasteiger partial charge in [0, 0.05) is 39.3 Å². The van der Waals surface area contributed by atoms with Gasteiger partial charge in [-0.1, -0.05) is 83.2 Å². The number of hydrogen-bond donors (Lipinski definition) is 3. The molecule has 5 rings (SSSR count). The lowest BCUT2D eigenvalue weighted by atomic mass is 9.78. The summed E-state index contributed by atoms with van der Waals surface area (Å²) in [7, 11) is -0.383. The zero-order valence-electron chi connectivity index (χ0n) is 43.1. The number of allylic oxidation sites excluding steroid dienone is 6. The van der Waals surface area contributed by atoms with Crippen molar-refractivity contribution in [3.05, 3.63) is 59.8 Å². The molecule has 3 N–H and O–H groups in total. The topological polar surface area (TPSA) is 189 Å². The summed E-state index contributed by atoms with van der Waals surface area (Å²) in [6.07, 6.45) is 15.7. The maximum absolute atomic E-state index is 14.5. The van der Waals surface area contributed by atoms with Gasteiger partial charge in [-0.05, 0) is 144 Å². The molecule has 14 nitrogen and oxygen atoms in total. The molecule has 4 aliphatic heterocycles. The first-order chi connectivity index (χ1) is 32.6. The van der Waals surface area contributed by atoms with Crippen LogP contribution >= 0.6 is 0 Å². The molecule has 5 aliphatic rings. The van der Waals surface area contributed by atoms with E-state index in [2.05, 4.69) is 40.3 Å². The van der Waals surface area contributed by atoms with Crippen LogP contribution in [0.1, 0.15) is 138 Å². The Morgan fingerprint density at radius 3 is 2.26 bits per heavy atom. The van der Waals surface area contributed by atoms with E-state index >= 15 is 0 Å². The molecule has 0 aromatic rings. The van der Waals surface area contributed by atoms with Gasteiger partial charge >= 0.3 is 5.97 Å². The summed E-state index contributed by atoms with van der Waals surface area (Å²) in [6, 6.07) is -1.67. The highest BCUT2D eigenvalue weighted by atomic mass is 32.2. The third-order valence-electron chi connectivity index (χ3n) is 16.0. The van der Waals surface area contributed by atoms with E-state index in [4.69, 9.17) is 18.9 Å². The highest BCUT2D eigenvalue weighted by Crippen LogP contribution is 2.39. The molecule has 1 aliphatic carbocycles. The first kappa shape index (κ1) is 56.9. The van der Waals surface area contributed by atoms with Crippen LogP contribution in [0, 0.1) is 35.5 Å². The highest BCUT2D eigenvalue weighted by Gasteiger charge is 2.53. The number of aliphatic hydroxyl groups is 3. The van der Waals surface area contributed by atoms with Crippen LogP contribution < -0.4 is 0 Å². The number of cyclic esters (lactones) is 1. The zero-order chi connectivity index (χ0) is 50.8. The van der Waals surface area contributed by atoms with Crippen LogP contribution in [-0.2, 0) is 43.4 Å². The van der Waals surface area contributed by atoms with Crippen LogP contribution in [0.2, 0.25) is 0 Å². The molecule has 390 valence electrons. The third kappa shape index (κ3) is 14.6. The number of hydrogen-bond acceptors (Lipinski definition) is 12. The molecule has 0 aromatic heterocycles. The summed E-state index contributed by atoms with van der Waals surface area (Å²) in [5.41, 5.74) is 2.31. The summed E-state index contributed by atoms with van der Waals surface area (Å²) in [4.78, 5) is 44.6. The van der Waals surface area contributed by atoms with Crippen LogP contribution in [0.25, 0.3) is 0 Å². The molecule has 15 atom stereocenters. The molecular formula is C54H86N2O12S. The van der Waals surface area contributed by atoms with Crippen molar-refractivity contribution in [3.8, 4) is 0 Å². The molecule has 0 aromatic carbocycles. The molecule has 1 amide bonds. The van der Waals surface area contributed by atoms with Crippen molar-refractivity contribution in [1.29, 1.82) is 0 Å². The number of Topliss-reactive ketones (excluding diaryl/α,β-unsaturated/α-hetero) is 1. The van der Waals surface area contributed by atoms with Gasteiger partial charge in [0.25, 0.3) is 11.7 Å². The number of nitrogens with zero attached hydrogens (tertiary/aromatic N) is 2. The van der Waals surface area contributed by atoms with Crippen molar-refractivity contribution < 1.29 is 57.1 Å². The fraction of sp³-hybridized carbons (Fsp3) is 0.759. The molecule has 69 heavy (non-hydrogen) atoms. The van der Waals surface area contributed by atoms with Crippen LogP contribution in [0.4, 0.5) is 0 Å². The fourth-order valence-corrected chi connectivity index (χ4v) is 13.3. The van der Waals surface area contributed by atoms with Gasteiger partial charge in [0.2, 0.25) is 15.8 Å². The number of amides is 1. The number of carbonyl (C=O) groups is 3. The van der Waals surface area contributed by atoms with Gasteiger partial charge < -0.3 is 39.2 Å². The standard InChI is InChI=1S/C54H86N2O12S/c1-34-17-12-11-13-18-36(3)45(56-27-16-28-69(56,63)64)33-43-23-21-40(7)54(62,68-43)51(59)52(60)55-26-15-14-19-44(55)53(61)67-47(38(5)31-42-22-24-46(57)48(32-42)65-9)25-20-35(2)30-39(6)49(58)50(66-10)41(8)37(4)29-34/h11-13,17-18,30,34-35,37-38,40,42-50,57-58,62H,8,14-16,19-29,31-33H2,1-7,9-10H3/b13-11+,17-12+,36-18+,39-30+/t34-,35+,37-,38-,40-,42+,43+,44+,45-,46-,47+,48-,49-,50+,54-/m1/s1. The highest BCUT2D eigenvalue weighted by molar-refractivity contribution is 7.89. The van der Waals surface area contributed by atoms with E-state index in [9.17, 15) is 38.1 Å². The summed E-state index contributed by atoms with van der Waals surface area (Å²) in [6.45, 7) is 18.6. The Hall–Kier alpha value is -3.02. The molecule has 0 radical (unpaired) electrons. The molecule has 4 fully saturated rings. The average molecular weight is 987 g/mol.